The van der Waals surface area contributed by atoms with Gasteiger partial charge in [0.1, 0.15) is 11.2 Å². The summed E-state index contributed by atoms with van der Waals surface area (Å²) in [4.78, 5) is 0. The van der Waals surface area contributed by atoms with Crippen molar-refractivity contribution in [2.75, 3.05) is 0 Å². The van der Waals surface area contributed by atoms with E-state index in [2.05, 4.69) is 117 Å². The van der Waals surface area contributed by atoms with E-state index in [1.54, 1.807) is 0 Å². The third-order valence-corrected chi connectivity index (χ3v) is 7.51. The van der Waals surface area contributed by atoms with E-state index in [-0.39, 0.29) is 5.41 Å². The van der Waals surface area contributed by atoms with E-state index in [1.807, 2.05) is 6.07 Å². The zero-order chi connectivity index (χ0) is 22.9. The van der Waals surface area contributed by atoms with Crippen LogP contribution in [0.25, 0.3) is 55.3 Å². The summed E-state index contributed by atoms with van der Waals surface area (Å²) in [6, 6.07) is 39.2. The van der Waals surface area contributed by atoms with Gasteiger partial charge in [0.2, 0.25) is 0 Å². The molecular weight excluding hydrogens is 412 g/mol. The molecule has 0 atom stereocenters. The quantitative estimate of drug-likeness (QED) is 0.264. The van der Waals surface area contributed by atoms with Gasteiger partial charge in [-0.15, -0.1) is 0 Å². The van der Waals surface area contributed by atoms with Crippen LogP contribution in [0, 0.1) is 0 Å². The van der Waals surface area contributed by atoms with Crippen LogP contribution in [0.1, 0.15) is 25.0 Å². The molecule has 7 rings (SSSR count). The zero-order valence-corrected chi connectivity index (χ0v) is 19.3. The van der Waals surface area contributed by atoms with Gasteiger partial charge in [0.15, 0.2) is 0 Å². The largest absolute Gasteiger partial charge is 0.455 e. The number of rotatable bonds is 2. The second-order valence-corrected chi connectivity index (χ2v) is 9.79. The van der Waals surface area contributed by atoms with E-state index >= 15 is 0 Å². The fraction of sp³-hybridized carbons (Fsp3) is 0.0909. The monoisotopic (exact) mass is 436 g/mol. The van der Waals surface area contributed by atoms with Gasteiger partial charge in [-0.1, -0.05) is 111 Å². The Hall–Kier alpha value is -4.10. The number of benzene rings is 5. The van der Waals surface area contributed by atoms with Crippen molar-refractivity contribution in [3.05, 3.63) is 120 Å². The van der Waals surface area contributed by atoms with Crippen LogP contribution in [0.2, 0.25) is 0 Å². The van der Waals surface area contributed by atoms with Crippen LogP contribution < -0.4 is 0 Å². The summed E-state index contributed by atoms with van der Waals surface area (Å²) in [5.41, 5.74) is 12.1. The van der Waals surface area contributed by atoms with E-state index in [0.29, 0.717) is 0 Å². The number of hydrogen-bond donors (Lipinski definition) is 0. The van der Waals surface area contributed by atoms with Crippen molar-refractivity contribution in [2.45, 2.75) is 19.3 Å². The molecule has 0 fully saturated rings. The predicted molar refractivity (Wildman–Crippen MR) is 142 cm³/mol. The lowest BCUT2D eigenvalue weighted by molar-refractivity contribution is 0.653. The van der Waals surface area contributed by atoms with Gasteiger partial charge in [0.05, 0.1) is 0 Å². The van der Waals surface area contributed by atoms with E-state index in [1.165, 1.54) is 55.3 Å². The Balaban J connectivity index is 1.41. The van der Waals surface area contributed by atoms with Gasteiger partial charge < -0.3 is 4.42 Å². The van der Waals surface area contributed by atoms with Crippen LogP contribution >= 0.6 is 0 Å². The number of hydrogen-bond acceptors (Lipinski definition) is 1. The van der Waals surface area contributed by atoms with Gasteiger partial charge >= 0.3 is 0 Å². The van der Waals surface area contributed by atoms with E-state index in [0.717, 1.165) is 11.2 Å². The van der Waals surface area contributed by atoms with E-state index < -0.39 is 0 Å². The first-order valence-electron chi connectivity index (χ1n) is 11.9. The molecule has 0 unspecified atom stereocenters. The Morgan fingerprint density at radius 1 is 0.529 bits per heavy atom. The zero-order valence-electron chi connectivity index (χ0n) is 19.3. The van der Waals surface area contributed by atoms with Gasteiger partial charge in [-0.2, -0.15) is 0 Å². The van der Waals surface area contributed by atoms with Gasteiger partial charge in [0.25, 0.3) is 0 Å². The second kappa shape index (κ2) is 6.95. The first-order valence-corrected chi connectivity index (χ1v) is 11.9. The normalized spacial score (nSPS) is 13.8. The molecule has 6 aromatic rings. The Kier molecular flexibility index (Phi) is 3.96. The van der Waals surface area contributed by atoms with E-state index in [4.69, 9.17) is 4.42 Å². The molecule has 0 aliphatic heterocycles. The lowest BCUT2D eigenvalue weighted by atomic mass is 9.82. The first kappa shape index (κ1) is 19.4. The van der Waals surface area contributed by atoms with Crippen molar-refractivity contribution in [3.8, 4) is 33.4 Å². The van der Waals surface area contributed by atoms with Crippen molar-refractivity contribution in [3.63, 3.8) is 0 Å². The highest BCUT2D eigenvalue weighted by Gasteiger charge is 2.37. The Bertz CT molecular complexity index is 1700. The Morgan fingerprint density at radius 2 is 1.15 bits per heavy atom. The highest BCUT2D eigenvalue weighted by atomic mass is 16.3. The van der Waals surface area contributed by atoms with Gasteiger partial charge in [-0.25, -0.2) is 0 Å². The SMILES string of the molecule is CC1(C)c2ccc(-c3ccc(-c4ccccc4)cc3)cc2-c2c1ccc1c2oc2ccccc21. The number of furan rings is 1. The smallest absolute Gasteiger partial charge is 0.143 e. The summed E-state index contributed by atoms with van der Waals surface area (Å²) in [6.07, 6.45) is 0. The molecule has 0 radical (unpaired) electrons. The predicted octanol–water partition coefficient (Wildman–Crippen LogP) is 9.23. The minimum atomic E-state index is -0.0620. The van der Waals surface area contributed by atoms with Crippen molar-refractivity contribution in [1.29, 1.82) is 0 Å². The van der Waals surface area contributed by atoms with Crippen LogP contribution in [0.3, 0.4) is 0 Å². The summed E-state index contributed by atoms with van der Waals surface area (Å²) >= 11 is 0. The van der Waals surface area contributed by atoms with Crippen molar-refractivity contribution < 1.29 is 4.42 Å². The summed E-state index contributed by atoms with van der Waals surface area (Å²) in [6.45, 7) is 4.64. The van der Waals surface area contributed by atoms with Gasteiger partial charge in [-0.05, 0) is 51.1 Å². The van der Waals surface area contributed by atoms with Gasteiger partial charge in [0, 0.05) is 21.8 Å². The number of fused-ring (bicyclic) bond motifs is 7. The highest BCUT2D eigenvalue weighted by molar-refractivity contribution is 6.12. The van der Waals surface area contributed by atoms with Crippen molar-refractivity contribution in [2.24, 2.45) is 0 Å². The van der Waals surface area contributed by atoms with Gasteiger partial charge in [-0.3, -0.25) is 0 Å². The molecule has 1 aliphatic rings. The molecule has 5 aromatic carbocycles. The molecule has 0 saturated heterocycles. The molecule has 1 heteroatoms. The molecule has 0 amide bonds. The molecule has 0 bridgehead atoms. The molecule has 1 aromatic heterocycles. The summed E-state index contributed by atoms with van der Waals surface area (Å²) in [5, 5.41) is 2.37. The molecule has 162 valence electrons. The maximum absolute atomic E-state index is 6.46. The first-order chi connectivity index (χ1) is 16.6. The fourth-order valence-corrected chi connectivity index (χ4v) is 5.68. The number of para-hydroxylation sites is 1. The lowest BCUT2D eigenvalue weighted by Gasteiger charge is -2.21. The molecule has 1 aliphatic carbocycles. The average molecular weight is 437 g/mol. The van der Waals surface area contributed by atoms with Crippen molar-refractivity contribution in [1.82, 2.24) is 0 Å². The Labute approximate surface area is 199 Å². The molecule has 0 saturated carbocycles. The maximum Gasteiger partial charge on any atom is 0.143 e. The minimum absolute atomic E-state index is 0.0620. The molecule has 0 N–H and O–H groups in total. The van der Waals surface area contributed by atoms with Crippen molar-refractivity contribution >= 4 is 21.9 Å². The molecule has 0 spiro atoms. The summed E-state index contributed by atoms with van der Waals surface area (Å²) < 4.78 is 6.46. The lowest BCUT2D eigenvalue weighted by Crippen LogP contribution is -2.14. The van der Waals surface area contributed by atoms with Crippen LogP contribution in [0.5, 0.6) is 0 Å². The maximum atomic E-state index is 6.46. The molecule has 1 nitrogen and oxygen atoms in total. The molecule has 34 heavy (non-hydrogen) atoms. The minimum Gasteiger partial charge on any atom is -0.455 e. The third kappa shape index (κ3) is 2.67. The molecule has 1 heterocycles. The van der Waals surface area contributed by atoms with Crippen LogP contribution in [-0.4, -0.2) is 0 Å². The Morgan fingerprint density at radius 3 is 1.94 bits per heavy atom. The van der Waals surface area contributed by atoms with Crippen LogP contribution in [0.4, 0.5) is 0 Å². The third-order valence-electron chi connectivity index (χ3n) is 7.51. The second-order valence-electron chi connectivity index (χ2n) is 9.79. The highest BCUT2D eigenvalue weighted by Crippen LogP contribution is 2.53. The van der Waals surface area contributed by atoms with Crippen LogP contribution in [0.15, 0.2) is 114 Å². The van der Waals surface area contributed by atoms with E-state index in [9.17, 15) is 0 Å². The summed E-state index contributed by atoms with van der Waals surface area (Å²) in [5.74, 6) is 0. The topological polar surface area (TPSA) is 13.1 Å². The standard InChI is InChI=1S/C33H24O/c1-33(2)28-18-16-24(23-14-12-22(13-15-23)21-8-4-3-5-9-21)20-27(28)31-29(33)19-17-26-25-10-6-7-11-30(25)34-32(26)31/h3-20H,1-2H3. The average Bonchev–Trinajstić information content (AvgIpc) is 3.37. The molecular formula is C33H24O. The summed E-state index contributed by atoms with van der Waals surface area (Å²) in [7, 11) is 0. The van der Waals surface area contributed by atoms with Crippen LogP contribution in [-0.2, 0) is 5.41 Å². The fourth-order valence-electron chi connectivity index (χ4n) is 5.68.